The molecule has 0 unspecified atom stereocenters. The molecule has 26 heavy (non-hydrogen) atoms. The lowest BCUT2D eigenvalue weighted by Crippen LogP contribution is -2.26. The lowest BCUT2D eigenvalue weighted by Gasteiger charge is -2.16. The molecule has 2 aromatic rings. The van der Waals surface area contributed by atoms with Crippen molar-refractivity contribution in [3.8, 4) is 23.4 Å². The van der Waals surface area contributed by atoms with E-state index in [0.717, 1.165) is 0 Å². The fraction of sp³-hybridized carbons (Fsp3) is 0.316. The van der Waals surface area contributed by atoms with Crippen molar-refractivity contribution in [2.24, 2.45) is 4.99 Å². The molecule has 7 heteroatoms. The van der Waals surface area contributed by atoms with Gasteiger partial charge in [-0.3, -0.25) is 14.4 Å². The largest absolute Gasteiger partial charge is 0.497 e. The zero-order valence-electron chi connectivity index (χ0n) is 15.4. The van der Waals surface area contributed by atoms with Crippen molar-refractivity contribution in [3.63, 3.8) is 0 Å². The van der Waals surface area contributed by atoms with E-state index in [0.29, 0.717) is 28.3 Å². The van der Waals surface area contributed by atoms with Gasteiger partial charge >= 0.3 is 0 Å². The summed E-state index contributed by atoms with van der Waals surface area (Å²) in [6.45, 7) is 5.11. The van der Waals surface area contributed by atoms with Gasteiger partial charge < -0.3 is 14.6 Å². The molecule has 7 nitrogen and oxygen atoms in total. The topological polar surface area (TPSA) is 96.8 Å². The molecule has 0 aliphatic carbocycles. The fourth-order valence-corrected chi connectivity index (χ4v) is 2.61. The monoisotopic (exact) mass is 355 g/mol. The Hall–Kier alpha value is -3.27. The molecule has 0 saturated carbocycles. The number of rotatable bonds is 5. The molecule has 1 aromatic carbocycles. The molecule has 1 N–H and O–H groups in total. The maximum Gasteiger partial charge on any atom is 0.271 e. The number of hydrogen-bond acceptors (Lipinski definition) is 6. The number of benzene rings is 1. The van der Waals surface area contributed by atoms with Crippen LogP contribution in [-0.4, -0.2) is 30.1 Å². The van der Waals surface area contributed by atoms with E-state index in [4.69, 9.17) is 9.47 Å². The van der Waals surface area contributed by atoms with Gasteiger partial charge in [0.1, 0.15) is 28.8 Å². The SMILES string of the molecule is COc1ccc(OC)c(N=Cc2c(C)c(C#N)c(=O)n(C(C)C)c2O)c1. The van der Waals surface area contributed by atoms with Crippen LogP contribution in [0.15, 0.2) is 28.0 Å². The first kappa shape index (κ1) is 19.1. The van der Waals surface area contributed by atoms with Gasteiger partial charge in [-0.15, -0.1) is 0 Å². The molecule has 0 amide bonds. The Morgan fingerprint density at radius 1 is 1.31 bits per heavy atom. The van der Waals surface area contributed by atoms with Crippen LogP contribution >= 0.6 is 0 Å². The Morgan fingerprint density at radius 2 is 2.00 bits per heavy atom. The van der Waals surface area contributed by atoms with Gasteiger partial charge in [0.05, 0.1) is 19.8 Å². The molecule has 0 bridgehead atoms. The lowest BCUT2D eigenvalue weighted by atomic mass is 10.1. The molecular formula is C19H21N3O4. The van der Waals surface area contributed by atoms with Crippen molar-refractivity contribution in [2.75, 3.05) is 14.2 Å². The Morgan fingerprint density at radius 3 is 2.54 bits per heavy atom. The highest BCUT2D eigenvalue weighted by Gasteiger charge is 2.19. The van der Waals surface area contributed by atoms with E-state index in [1.807, 2.05) is 6.07 Å². The number of pyridine rings is 1. The highest BCUT2D eigenvalue weighted by Crippen LogP contribution is 2.32. The van der Waals surface area contributed by atoms with Crippen molar-refractivity contribution in [1.29, 1.82) is 5.26 Å². The molecule has 0 aliphatic heterocycles. The van der Waals surface area contributed by atoms with Crippen molar-refractivity contribution >= 4 is 11.9 Å². The summed E-state index contributed by atoms with van der Waals surface area (Å²) in [5.74, 6) is 0.896. The molecule has 0 atom stereocenters. The van der Waals surface area contributed by atoms with Crippen LogP contribution in [0.25, 0.3) is 0 Å². The molecule has 136 valence electrons. The molecule has 0 fully saturated rings. The second kappa shape index (κ2) is 7.74. The first-order valence-corrected chi connectivity index (χ1v) is 7.99. The van der Waals surface area contributed by atoms with Crippen LogP contribution in [0.4, 0.5) is 5.69 Å². The van der Waals surface area contributed by atoms with Gasteiger partial charge in [-0.2, -0.15) is 5.26 Å². The predicted octanol–water partition coefficient (Wildman–Crippen LogP) is 3.08. The summed E-state index contributed by atoms with van der Waals surface area (Å²) >= 11 is 0. The summed E-state index contributed by atoms with van der Waals surface area (Å²) < 4.78 is 11.6. The van der Waals surface area contributed by atoms with E-state index in [-0.39, 0.29) is 17.5 Å². The minimum atomic E-state index is -0.520. The van der Waals surface area contributed by atoms with E-state index in [1.54, 1.807) is 46.1 Å². The number of nitrogens with zero attached hydrogens (tertiary/aromatic N) is 3. The van der Waals surface area contributed by atoms with Gasteiger partial charge in [-0.25, -0.2) is 0 Å². The fourth-order valence-electron chi connectivity index (χ4n) is 2.61. The number of aromatic hydroxyl groups is 1. The molecule has 1 heterocycles. The molecule has 0 aliphatic rings. The summed E-state index contributed by atoms with van der Waals surface area (Å²) in [5, 5.41) is 19.9. The van der Waals surface area contributed by atoms with E-state index in [1.165, 1.54) is 17.9 Å². The smallest absolute Gasteiger partial charge is 0.271 e. The third kappa shape index (κ3) is 3.40. The van der Waals surface area contributed by atoms with Crippen LogP contribution in [0.1, 0.15) is 36.6 Å². The quantitative estimate of drug-likeness (QED) is 0.831. The normalized spacial score (nSPS) is 11.0. The number of aliphatic imine (C=N–C) groups is 1. The van der Waals surface area contributed by atoms with Crippen LogP contribution in [-0.2, 0) is 0 Å². The average molecular weight is 355 g/mol. The van der Waals surface area contributed by atoms with Crippen LogP contribution in [0, 0.1) is 18.3 Å². The number of methoxy groups -OCH3 is 2. The first-order chi connectivity index (χ1) is 12.3. The first-order valence-electron chi connectivity index (χ1n) is 7.99. The van der Waals surface area contributed by atoms with Gasteiger partial charge in [0.15, 0.2) is 0 Å². The van der Waals surface area contributed by atoms with E-state index in [9.17, 15) is 15.2 Å². The maximum absolute atomic E-state index is 12.4. The summed E-state index contributed by atoms with van der Waals surface area (Å²) in [5.41, 5.74) is 0.632. The third-order valence-electron chi connectivity index (χ3n) is 4.03. The van der Waals surface area contributed by atoms with Crippen molar-refractivity contribution in [3.05, 3.63) is 45.2 Å². The van der Waals surface area contributed by atoms with Crippen molar-refractivity contribution in [2.45, 2.75) is 26.8 Å². The Kier molecular flexibility index (Phi) is 5.68. The number of ether oxygens (including phenoxy) is 2. The number of nitriles is 1. The average Bonchev–Trinajstić information content (AvgIpc) is 2.61. The van der Waals surface area contributed by atoms with Gasteiger partial charge in [0, 0.05) is 18.3 Å². The Labute approximate surface area is 151 Å². The zero-order chi connectivity index (χ0) is 19.4. The standard InChI is InChI=1S/C19H21N3O4/c1-11(2)22-18(23)14(9-20)12(3)15(19(22)24)10-21-16-8-13(25-4)6-7-17(16)26-5/h6-8,10-11,24H,1-5H3. The molecule has 0 radical (unpaired) electrons. The molecule has 0 spiro atoms. The zero-order valence-corrected chi connectivity index (χ0v) is 15.4. The maximum atomic E-state index is 12.4. The minimum Gasteiger partial charge on any atom is -0.497 e. The highest BCUT2D eigenvalue weighted by atomic mass is 16.5. The highest BCUT2D eigenvalue weighted by molar-refractivity contribution is 5.88. The second-order valence-corrected chi connectivity index (χ2v) is 5.91. The van der Waals surface area contributed by atoms with Crippen LogP contribution in [0.3, 0.4) is 0 Å². The van der Waals surface area contributed by atoms with Gasteiger partial charge in [0.2, 0.25) is 5.88 Å². The van der Waals surface area contributed by atoms with Crippen molar-refractivity contribution in [1.82, 2.24) is 4.57 Å². The summed E-state index contributed by atoms with van der Waals surface area (Å²) in [4.78, 5) is 16.8. The predicted molar refractivity (Wildman–Crippen MR) is 99.0 cm³/mol. The Balaban J connectivity index is 2.68. The van der Waals surface area contributed by atoms with Gasteiger partial charge in [-0.1, -0.05) is 0 Å². The summed E-state index contributed by atoms with van der Waals surface area (Å²) in [6, 6.07) is 6.75. The number of aromatic nitrogens is 1. The van der Waals surface area contributed by atoms with Crippen LogP contribution in [0.2, 0.25) is 0 Å². The summed E-state index contributed by atoms with van der Waals surface area (Å²) in [6.07, 6.45) is 1.42. The minimum absolute atomic E-state index is 0.0180. The van der Waals surface area contributed by atoms with Gasteiger partial charge in [0.25, 0.3) is 5.56 Å². The lowest BCUT2D eigenvalue weighted by molar-refractivity contribution is 0.386. The third-order valence-corrected chi connectivity index (χ3v) is 4.03. The van der Waals surface area contributed by atoms with E-state index in [2.05, 4.69) is 4.99 Å². The van der Waals surface area contributed by atoms with E-state index < -0.39 is 5.56 Å². The van der Waals surface area contributed by atoms with Gasteiger partial charge in [-0.05, 0) is 38.5 Å². The molecule has 2 rings (SSSR count). The second-order valence-electron chi connectivity index (χ2n) is 5.91. The number of hydrogen-bond donors (Lipinski definition) is 1. The van der Waals surface area contributed by atoms with Crippen LogP contribution < -0.4 is 15.0 Å². The summed E-state index contributed by atoms with van der Waals surface area (Å²) in [7, 11) is 3.07. The van der Waals surface area contributed by atoms with Crippen molar-refractivity contribution < 1.29 is 14.6 Å². The molecule has 1 aromatic heterocycles. The molecular weight excluding hydrogens is 334 g/mol. The molecule has 0 saturated heterocycles. The van der Waals surface area contributed by atoms with Crippen LogP contribution in [0.5, 0.6) is 17.4 Å². The Bertz CT molecular complexity index is 953. The van der Waals surface area contributed by atoms with E-state index >= 15 is 0 Å².